The van der Waals surface area contributed by atoms with E-state index in [-0.39, 0.29) is 42.0 Å². The first-order chi connectivity index (χ1) is 12.3. The third-order valence-corrected chi connectivity index (χ3v) is 3.60. The summed E-state index contributed by atoms with van der Waals surface area (Å²) in [5.41, 5.74) is 5.03. The normalized spacial score (nSPS) is 11.8. The van der Waals surface area contributed by atoms with Gasteiger partial charge in [-0.05, 0) is 32.9 Å². The molecule has 26 heavy (non-hydrogen) atoms. The molecule has 0 bridgehead atoms. The van der Waals surface area contributed by atoms with Gasteiger partial charge in [0.05, 0.1) is 25.5 Å². The van der Waals surface area contributed by atoms with Gasteiger partial charge in [-0.2, -0.15) is 0 Å². The zero-order chi connectivity index (χ0) is 19.3. The first-order valence-corrected chi connectivity index (χ1v) is 8.02. The summed E-state index contributed by atoms with van der Waals surface area (Å²) in [4.78, 5) is 35.9. The Hall–Kier alpha value is -3.07. The monoisotopic (exact) mass is 363 g/mol. The summed E-state index contributed by atoms with van der Waals surface area (Å²) >= 11 is 0. The molecule has 9 nitrogen and oxygen atoms in total. The zero-order valence-corrected chi connectivity index (χ0v) is 14.8. The molecule has 2 amide bonds. The summed E-state index contributed by atoms with van der Waals surface area (Å²) in [5, 5.41) is 5.41. The van der Waals surface area contributed by atoms with Crippen LogP contribution in [0.25, 0.3) is 0 Å². The Kier molecular flexibility index (Phi) is 6.18. The lowest BCUT2D eigenvalue weighted by Crippen LogP contribution is -2.30. The van der Waals surface area contributed by atoms with E-state index in [1.54, 1.807) is 19.1 Å². The fourth-order valence-electron chi connectivity index (χ4n) is 2.37. The molecule has 0 radical (unpaired) electrons. The van der Waals surface area contributed by atoms with Gasteiger partial charge in [0.1, 0.15) is 22.6 Å². The molecule has 2 aromatic heterocycles. The Balaban J connectivity index is 2.10. The van der Waals surface area contributed by atoms with E-state index in [1.807, 2.05) is 6.92 Å². The van der Waals surface area contributed by atoms with Gasteiger partial charge in [-0.3, -0.25) is 20.2 Å². The number of rotatable bonds is 8. The number of nitrogens with one attached hydrogen (secondary N) is 2. The maximum absolute atomic E-state index is 12.1. The fourth-order valence-corrected chi connectivity index (χ4v) is 2.37. The lowest BCUT2D eigenvalue weighted by molar-refractivity contribution is -0.115. The van der Waals surface area contributed by atoms with Crippen molar-refractivity contribution in [1.29, 1.82) is 0 Å². The van der Waals surface area contributed by atoms with Crippen LogP contribution < -0.4 is 16.4 Å². The quantitative estimate of drug-likeness (QED) is 0.608. The summed E-state index contributed by atoms with van der Waals surface area (Å²) in [6.45, 7) is 4.99. The van der Waals surface area contributed by atoms with Gasteiger partial charge in [-0.15, -0.1) is 0 Å². The molecule has 4 N–H and O–H groups in total. The molecular weight excluding hydrogens is 342 g/mol. The van der Waals surface area contributed by atoms with Crippen molar-refractivity contribution in [1.82, 2.24) is 5.32 Å². The topological polar surface area (TPSA) is 137 Å². The van der Waals surface area contributed by atoms with Crippen molar-refractivity contribution in [2.24, 2.45) is 5.73 Å². The second-order valence-corrected chi connectivity index (χ2v) is 5.49. The minimum Gasteiger partial charge on any atom is -0.468 e. The van der Waals surface area contributed by atoms with Gasteiger partial charge in [0, 0.05) is 0 Å². The molecule has 1 atom stereocenters. The Labute approximate surface area is 149 Å². The van der Waals surface area contributed by atoms with Crippen molar-refractivity contribution in [3.8, 4) is 0 Å². The highest BCUT2D eigenvalue weighted by molar-refractivity contribution is 6.10. The van der Waals surface area contributed by atoms with E-state index in [1.165, 1.54) is 13.2 Å². The number of furan rings is 2. The van der Waals surface area contributed by atoms with Crippen LogP contribution in [0.5, 0.6) is 0 Å². The van der Waals surface area contributed by atoms with Crippen molar-refractivity contribution in [3.05, 3.63) is 41.0 Å². The average molecular weight is 363 g/mol. The number of esters is 1. The number of hydrogen-bond donors (Lipinski definition) is 3. The largest absolute Gasteiger partial charge is 0.468 e. The van der Waals surface area contributed by atoms with Gasteiger partial charge in [-0.1, -0.05) is 0 Å². The van der Waals surface area contributed by atoms with Crippen LogP contribution in [0.4, 0.5) is 5.88 Å². The van der Waals surface area contributed by atoms with E-state index in [0.717, 1.165) is 0 Å². The van der Waals surface area contributed by atoms with Crippen LogP contribution in [0.2, 0.25) is 0 Å². The van der Waals surface area contributed by atoms with Crippen molar-refractivity contribution in [2.75, 3.05) is 18.5 Å². The minimum absolute atomic E-state index is 0.0748. The molecule has 0 aliphatic rings. The number of anilines is 1. The molecule has 0 aliphatic carbocycles. The summed E-state index contributed by atoms with van der Waals surface area (Å²) in [5.74, 6) is -1.51. The van der Waals surface area contributed by atoms with Crippen LogP contribution in [0, 0.1) is 6.92 Å². The second-order valence-electron chi connectivity index (χ2n) is 5.49. The number of ether oxygens (including phenoxy) is 1. The van der Waals surface area contributed by atoms with E-state index in [9.17, 15) is 14.4 Å². The Bertz CT molecular complexity index is 794. The minimum atomic E-state index is -0.905. The van der Waals surface area contributed by atoms with Gasteiger partial charge < -0.3 is 19.3 Å². The molecule has 0 saturated heterocycles. The number of hydrogen-bond acceptors (Lipinski definition) is 7. The molecule has 0 unspecified atom stereocenters. The van der Waals surface area contributed by atoms with Gasteiger partial charge in [0.2, 0.25) is 11.8 Å². The molecule has 2 rings (SSSR count). The molecular formula is C17H21N3O6. The van der Waals surface area contributed by atoms with Crippen LogP contribution in [0.15, 0.2) is 27.2 Å². The number of carbonyl (C=O) groups excluding carboxylic acids is 3. The Morgan fingerprint density at radius 3 is 2.62 bits per heavy atom. The lowest BCUT2D eigenvalue weighted by atomic mass is 10.1. The molecule has 9 heteroatoms. The molecule has 0 aliphatic heterocycles. The van der Waals surface area contributed by atoms with E-state index >= 15 is 0 Å². The van der Waals surface area contributed by atoms with Gasteiger partial charge in [0.15, 0.2) is 0 Å². The summed E-state index contributed by atoms with van der Waals surface area (Å²) in [6.07, 6.45) is 1.54. The molecule has 2 aromatic rings. The van der Waals surface area contributed by atoms with E-state index < -0.39 is 17.8 Å². The van der Waals surface area contributed by atoms with E-state index in [4.69, 9.17) is 19.3 Å². The van der Waals surface area contributed by atoms with Crippen molar-refractivity contribution < 1.29 is 28.0 Å². The summed E-state index contributed by atoms with van der Waals surface area (Å²) < 4.78 is 15.5. The van der Waals surface area contributed by atoms with Crippen LogP contribution >= 0.6 is 0 Å². The highest BCUT2D eigenvalue weighted by atomic mass is 16.5. The number of aryl methyl sites for hydroxylation is 1. The molecule has 0 saturated carbocycles. The maximum atomic E-state index is 12.1. The highest BCUT2D eigenvalue weighted by Crippen LogP contribution is 2.27. The molecule has 140 valence electrons. The van der Waals surface area contributed by atoms with Crippen LogP contribution in [0.3, 0.4) is 0 Å². The summed E-state index contributed by atoms with van der Waals surface area (Å²) in [6, 6.07) is 3.33. The number of carbonyl (C=O) groups is 3. The number of amides is 2. The van der Waals surface area contributed by atoms with Crippen molar-refractivity contribution >= 4 is 23.7 Å². The van der Waals surface area contributed by atoms with Gasteiger partial charge in [0.25, 0.3) is 5.91 Å². The Morgan fingerprint density at radius 2 is 2.04 bits per heavy atom. The fraction of sp³-hybridized carbons (Fsp3) is 0.353. The Morgan fingerprint density at radius 1 is 1.31 bits per heavy atom. The third-order valence-electron chi connectivity index (χ3n) is 3.60. The lowest BCUT2D eigenvalue weighted by Gasteiger charge is -2.11. The molecule has 0 aromatic carbocycles. The smallest absolute Gasteiger partial charge is 0.342 e. The zero-order valence-electron chi connectivity index (χ0n) is 14.8. The SMILES string of the molecule is CCOC(=O)c1c(C)oc(NC(=O)CN[C@@H](C)c2ccco2)c1C(N)=O. The van der Waals surface area contributed by atoms with Crippen molar-refractivity contribution in [2.45, 2.75) is 26.8 Å². The van der Waals surface area contributed by atoms with Crippen LogP contribution in [-0.2, 0) is 9.53 Å². The molecule has 0 spiro atoms. The highest BCUT2D eigenvalue weighted by Gasteiger charge is 2.29. The molecule has 0 fully saturated rings. The standard InChI is InChI=1S/C17H21N3O6/c1-4-24-17(23)13-10(3)26-16(14(13)15(18)22)20-12(21)8-19-9(2)11-6-5-7-25-11/h5-7,9,19H,4,8H2,1-3H3,(H2,18,22)(H,20,21)/t9-/m0/s1. The predicted molar refractivity (Wildman–Crippen MR) is 91.7 cm³/mol. The van der Waals surface area contributed by atoms with E-state index in [0.29, 0.717) is 5.76 Å². The van der Waals surface area contributed by atoms with Crippen molar-refractivity contribution in [3.63, 3.8) is 0 Å². The first kappa shape index (κ1) is 19.3. The number of primary amides is 1. The third kappa shape index (κ3) is 4.31. The van der Waals surface area contributed by atoms with Gasteiger partial charge >= 0.3 is 5.97 Å². The molecule has 2 heterocycles. The number of nitrogens with two attached hydrogens (primary N) is 1. The second kappa shape index (κ2) is 8.34. The first-order valence-electron chi connectivity index (χ1n) is 8.02. The maximum Gasteiger partial charge on any atom is 0.342 e. The summed E-state index contributed by atoms with van der Waals surface area (Å²) in [7, 11) is 0. The average Bonchev–Trinajstić information content (AvgIpc) is 3.20. The van der Waals surface area contributed by atoms with Gasteiger partial charge in [-0.25, -0.2) is 4.79 Å². The van der Waals surface area contributed by atoms with E-state index in [2.05, 4.69) is 10.6 Å². The van der Waals surface area contributed by atoms with Crippen LogP contribution in [0.1, 0.15) is 52.1 Å². The predicted octanol–water partition coefficient (Wildman–Crippen LogP) is 1.75. The van der Waals surface area contributed by atoms with Crippen LogP contribution in [-0.4, -0.2) is 30.9 Å².